The lowest BCUT2D eigenvalue weighted by Crippen LogP contribution is -2.12. The Labute approximate surface area is 177 Å². The van der Waals surface area contributed by atoms with Crippen molar-refractivity contribution < 1.29 is 22.5 Å². The molecule has 0 aliphatic heterocycles. The van der Waals surface area contributed by atoms with Gasteiger partial charge in [0.1, 0.15) is 10.7 Å². The van der Waals surface area contributed by atoms with Crippen LogP contribution in [0, 0.1) is 15.9 Å². The second-order valence-corrected chi connectivity index (χ2v) is 8.71. The number of nitrogens with zero attached hydrogens (tertiary/aromatic N) is 1. The molecule has 0 unspecified atom stereocenters. The van der Waals surface area contributed by atoms with Crippen LogP contribution in [0.4, 0.5) is 21.5 Å². The van der Waals surface area contributed by atoms with Crippen molar-refractivity contribution >= 4 is 32.8 Å². The van der Waals surface area contributed by atoms with Crippen LogP contribution in [-0.4, -0.2) is 25.5 Å². The molecule has 0 saturated heterocycles. The second-order valence-electron chi connectivity index (χ2n) is 6.73. The fourth-order valence-electron chi connectivity index (χ4n) is 2.87. The molecule has 0 aliphatic rings. The highest BCUT2D eigenvalue weighted by Crippen LogP contribution is 2.27. The van der Waals surface area contributed by atoms with Crippen LogP contribution >= 0.6 is 0 Å². The van der Waals surface area contributed by atoms with Gasteiger partial charge in [-0.15, -0.1) is 0 Å². The fourth-order valence-corrected chi connectivity index (χ4v) is 3.73. The molecular formula is C21H18FN3O5S. The third-order valence-electron chi connectivity index (χ3n) is 4.32. The Bertz CT molecular complexity index is 1260. The molecule has 8 nitrogen and oxygen atoms in total. The number of sulfone groups is 1. The van der Waals surface area contributed by atoms with E-state index in [9.17, 15) is 27.7 Å². The molecule has 31 heavy (non-hydrogen) atoms. The lowest BCUT2D eigenvalue weighted by atomic mass is 10.1. The number of amides is 1. The lowest BCUT2D eigenvalue weighted by Gasteiger charge is -2.11. The van der Waals surface area contributed by atoms with Crippen LogP contribution in [0.5, 0.6) is 0 Å². The number of carbonyl (C=O) groups is 1. The Morgan fingerprint density at radius 1 is 1.03 bits per heavy atom. The Morgan fingerprint density at radius 2 is 1.77 bits per heavy atom. The van der Waals surface area contributed by atoms with Crippen molar-refractivity contribution in [2.45, 2.75) is 11.4 Å². The van der Waals surface area contributed by atoms with Gasteiger partial charge < -0.3 is 10.6 Å². The molecule has 2 N–H and O–H groups in total. The normalized spacial score (nSPS) is 11.0. The van der Waals surface area contributed by atoms with Crippen molar-refractivity contribution in [3.05, 3.63) is 93.8 Å². The predicted molar refractivity (Wildman–Crippen MR) is 114 cm³/mol. The van der Waals surface area contributed by atoms with Gasteiger partial charge in [-0.25, -0.2) is 12.8 Å². The van der Waals surface area contributed by atoms with Crippen LogP contribution in [0.25, 0.3) is 0 Å². The van der Waals surface area contributed by atoms with Crippen molar-refractivity contribution in [1.82, 2.24) is 0 Å². The number of anilines is 2. The monoisotopic (exact) mass is 443 g/mol. The van der Waals surface area contributed by atoms with Crippen molar-refractivity contribution in [3.63, 3.8) is 0 Å². The summed E-state index contributed by atoms with van der Waals surface area (Å²) in [5.41, 5.74) is 1.34. The number of hydrogen-bond acceptors (Lipinski definition) is 6. The summed E-state index contributed by atoms with van der Waals surface area (Å²) >= 11 is 0. The van der Waals surface area contributed by atoms with Gasteiger partial charge in [0.2, 0.25) is 0 Å². The topological polar surface area (TPSA) is 118 Å². The van der Waals surface area contributed by atoms with E-state index in [0.717, 1.165) is 24.0 Å². The van der Waals surface area contributed by atoms with Crippen molar-refractivity contribution in [3.8, 4) is 0 Å². The molecule has 0 radical (unpaired) electrons. The van der Waals surface area contributed by atoms with Crippen LogP contribution < -0.4 is 10.6 Å². The van der Waals surface area contributed by atoms with Gasteiger partial charge in [0, 0.05) is 35.8 Å². The number of nitrogens with one attached hydrogen (secondary N) is 2. The zero-order valence-electron chi connectivity index (χ0n) is 16.3. The van der Waals surface area contributed by atoms with E-state index >= 15 is 0 Å². The van der Waals surface area contributed by atoms with Gasteiger partial charge in [-0.3, -0.25) is 14.9 Å². The number of nitro groups is 1. The molecule has 0 fully saturated rings. The maximum absolute atomic E-state index is 13.3. The maximum Gasteiger partial charge on any atom is 0.288 e. The third kappa shape index (κ3) is 5.64. The quantitative estimate of drug-likeness (QED) is 0.421. The fraction of sp³-hybridized carbons (Fsp3) is 0.0952. The summed E-state index contributed by atoms with van der Waals surface area (Å²) in [5, 5.41) is 16.8. The average molecular weight is 443 g/mol. The number of benzene rings is 3. The summed E-state index contributed by atoms with van der Waals surface area (Å²) in [7, 11) is -3.79. The molecule has 10 heteroatoms. The lowest BCUT2D eigenvalue weighted by molar-refractivity contribution is -0.387. The number of nitro benzene ring substituents is 1. The molecule has 0 spiro atoms. The molecule has 0 atom stereocenters. The summed E-state index contributed by atoms with van der Waals surface area (Å²) in [6.45, 7) is 0.269. The SMILES string of the molecule is CS(=O)(=O)c1cc(NCc2cccc(NC(=O)c3cccc(F)c3)c2)ccc1[N+](=O)[O-]. The minimum Gasteiger partial charge on any atom is -0.381 e. The van der Waals surface area contributed by atoms with Gasteiger partial charge in [-0.05, 0) is 48.0 Å². The predicted octanol–water partition coefficient (Wildman–Crippen LogP) is 4.00. The Balaban J connectivity index is 1.73. The summed E-state index contributed by atoms with van der Waals surface area (Å²) in [6, 6.07) is 16.0. The summed E-state index contributed by atoms with van der Waals surface area (Å²) in [4.78, 5) is 22.2. The molecule has 0 heterocycles. The molecular weight excluding hydrogens is 425 g/mol. The summed E-state index contributed by atoms with van der Waals surface area (Å²) < 4.78 is 37.0. The highest BCUT2D eigenvalue weighted by molar-refractivity contribution is 7.90. The van der Waals surface area contributed by atoms with Crippen molar-refractivity contribution in [2.75, 3.05) is 16.9 Å². The van der Waals surface area contributed by atoms with Gasteiger partial charge in [0.15, 0.2) is 9.84 Å². The van der Waals surface area contributed by atoms with Gasteiger partial charge in [0.05, 0.1) is 4.92 Å². The molecule has 0 aliphatic carbocycles. The molecule has 1 amide bonds. The van der Waals surface area contributed by atoms with E-state index in [1.807, 2.05) is 0 Å². The summed E-state index contributed by atoms with van der Waals surface area (Å²) in [5.74, 6) is -0.972. The van der Waals surface area contributed by atoms with E-state index in [2.05, 4.69) is 10.6 Å². The molecule has 0 aromatic heterocycles. The van der Waals surface area contributed by atoms with Crippen LogP contribution in [0.1, 0.15) is 15.9 Å². The molecule has 3 aromatic carbocycles. The molecule has 0 bridgehead atoms. The Morgan fingerprint density at radius 3 is 2.45 bits per heavy atom. The number of carbonyl (C=O) groups excluding carboxylic acids is 1. The van der Waals surface area contributed by atoms with Gasteiger partial charge in [-0.1, -0.05) is 18.2 Å². The highest BCUT2D eigenvalue weighted by Gasteiger charge is 2.22. The zero-order valence-corrected chi connectivity index (χ0v) is 17.1. The van der Waals surface area contributed by atoms with E-state index < -0.39 is 32.2 Å². The van der Waals surface area contributed by atoms with Crippen molar-refractivity contribution in [2.24, 2.45) is 0 Å². The standard InChI is InChI=1S/C21H18FN3O5S/c1-31(29,30)20-12-17(8-9-19(20)25(27)28)23-13-14-4-2-7-18(10-14)24-21(26)15-5-3-6-16(22)11-15/h2-12,23H,13H2,1H3,(H,24,26). The second kappa shape index (κ2) is 8.92. The highest BCUT2D eigenvalue weighted by atomic mass is 32.2. The van der Waals surface area contributed by atoms with Crippen LogP contribution in [0.2, 0.25) is 0 Å². The first-order chi connectivity index (χ1) is 14.6. The summed E-state index contributed by atoms with van der Waals surface area (Å²) in [6.07, 6.45) is 0.907. The van der Waals surface area contributed by atoms with Crippen LogP contribution in [0.3, 0.4) is 0 Å². The smallest absolute Gasteiger partial charge is 0.288 e. The Kier molecular flexibility index (Phi) is 6.30. The Hall–Kier alpha value is -3.79. The number of hydrogen-bond donors (Lipinski definition) is 2. The van der Waals surface area contributed by atoms with E-state index in [1.165, 1.54) is 30.3 Å². The van der Waals surface area contributed by atoms with Gasteiger partial charge >= 0.3 is 0 Å². The average Bonchev–Trinajstić information content (AvgIpc) is 2.71. The molecule has 3 rings (SSSR count). The van der Waals surface area contributed by atoms with Crippen LogP contribution in [-0.2, 0) is 16.4 Å². The molecule has 0 saturated carbocycles. The van der Waals surface area contributed by atoms with E-state index in [1.54, 1.807) is 24.3 Å². The third-order valence-corrected chi connectivity index (χ3v) is 5.45. The zero-order chi connectivity index (χ0) is 22.6. The van der Waals surface area contributed by atoms with Gasteiger partial charge in [0.25, 0.3) is 11.6 Å². The van der Waals surface area contributed by atoms with Crippen LogP contribution in [0.15, 0.2) is 71.6 Å². The number of halogens is 1. The first kappa shape index (κ1) is 21.9. The largest absolute Gasteiger partial charge is 0.381 e. The first-order valence-corrected chi connectivity index (χ1v) is 10.9. The maximum atomic E-state index is 13.3. The minimum atomic E-state index is -3.79. The van der Waals surface area contributed by atoms with Crippen molar-refractivity contribution in [1.29, 1.82) is 0 Å². The molecule has 3 aromatic rings. The first-order valence-electron chi connectivity index (χ1n) is 9.02. The van der Waals surface area contributed by atoms with E-state index in [4.69, 9.17) is 0 Å². The minimum absolute atomic E-state index is 0.183. The van der Waals surface area contributed by atoms with E-state index in [0.29, 0.717) is 11.4 Å². The molecule has 160 valence electrons. The van der Waals surface area contributed by atoms with Gasteiger partial charge in [-0.2, -0.15) is 0 Å². The van der Waals surface area contributed by atoms with E-state index in [-0.39, 0.29) is 17.0 Å². The number of rotatable bonds is 7.